The van der Waals surface area contributed by atoms with Gasteiger partial charge in [-0.3, -0.25) is 0 Å². The van der Waals surface area contributed by atoms with Crippen LogP contribution >= 0.6 is 48.0 Å². The summed E-state index contributed by atoms with van der Waals surface area (Å²) in [7, 11) is 0. The maximum atomic E-state index is 2.22. The second-order valence-electron chi connectivity index (χ2n) is 0.707. The summed E-state index contributed by atoms with van der Waals surface area (Å²) in [6.07, 6.45) is 0. The van der Waals surface area contributed by atoms with Gasteiger partial charge in [-0.2, -0.15) is 0 Å². The molecule has 0 saturated carbocycles. The van der Waals surface area contributed by atoms with Crippen molar-refractivity contribution >= 4 is 72.3 Å². The Bertz CT molecular complexity index is 7.61. The topological polar surface area (TPSA) is 0 Å². The Balaban J connectivity index is -0.0000000200. The molecule has 0 aromatic heterocycles. The first kappa shape index (κ1) is 15.7. The van der Waals surface area contributed by atoms with Gasteiger partial charge in [0.05, 0.1) is 0 Å². The quantitative estimate of drug-likeness (QED) is 0.537. The van der Waals surface area contributed by atoms with Gasteiger partial charge in [-0.15, -0.1) is 48.0 Å². The van der Waals surface area contributed by atoms with Crippen molar-refractivity contribution in [2.45, 2.75) is 11.1 Å². The van der Waals surface area contributed by atoms with Crippen LogP contribution in [-0.4, -0.2) is 24.4 Å². The zero-order chi connectivity index (χ0) is 2.71. The van der Waals surface area contributed by atoms with Gasteiger partial charge in [-0.1, -0.05) is 0 Å². The van der Waals surface area contributed by atoms with Crippen molar-refractivity contribution < 1.29 is 0 Å². The van der Waals surface area contributed by atoms with Crippen LogP contribution in [0, 0.1) is 0 Å². The average molecular weight is 402 g/mol. The molecule has 3 heteroatoms. The van der Waals surface area contributed by atoms with E-state index in [1.807, 2.05) is 0 Å². The fourth-order valence-corrected chi connectivity index (χ4v) is 0. The van der Waals surface area contributed by atoms with E-state index in [1.165, 1.54) is 4.18 Å². The van der Waals surface area contributed by atoms with Gasteiger partial charge < -0.3 is 0 Å². The standard InChI is InChI=1S/C2H5.2HI.In.2H/c1-2;;;;;/h1H2,2H3;2*1H;;;. The molecule has 0 radical (unpaired) electrons. The van der Waals surface area contributed by atoms with Crippen molar-refractivity contribution in [3.8, 4) is 0 Å². The van der Waals surface area contributed by atoms with E-state index >= 15 is 0 Å². The van der Waals surface area contributed by atoms with Crippen molar-refractivity contribution in [3.05, 3.63) is 0 Å². The van der Waals surface area contributed by atoms with Crippen LogP contribution in [0.1, 0.15) is 6.92 Å². The maximum absolute atomic E-state index is 2.22. The first-order valence-electron chi connectivity index (χ1n) is 1.41. The Morgan fingerprint density at radius 3 is 1.40 bits per heavy atom. The molecule has 0 rings (SSSR count). The predicted octanol–water partition coefficient (Wildman–Crippen LogP) is 1.29. The molecule has 0 N–H and O–H groups in total. The Morgan fingerprint density at radius 2 is 1.40 bits per heavy atom. The van der Waals surface area contributed by atoms with Gasteiger partial charge in [-0.25, -0.2) is 0 Å². The monoisotopic (exact) mass is 402 g/mol. The zero-order valence-corrected chi connectivity index (χ0v) is 13.9. The number of hydrogen-bond acceptors (Lipinski definition) is 0. The van der Waals surface area contributed by atoms with Crippen LogP contribution in [0.3, 0.4) is 0 Å². The number of halogens is 2. The summed E-state index contributed by atoms with van der Waals surface area (Å²) in [4.78, 5) is 0. The molecule has 0 aliphatic rings. The van der Waals surface area contributed by atoms with Crippen molar-refractivity contribution in [1.82, 2.24) is 0 Å². The second kappa shape index (κ2) is 16.2. The first-order valence-corrected chi connectivity index (χ1v) is 5.45. The molecule has 0 aromatic rings. The van der Waals surface area contributed by atoms with Crippen molar-refractivity contribution in [1.29, 1.82) is 0 Å². The van der Waals surface area contributed by atoms with Crippen LogP contribution in [0.25, 0.3) is 0 Å². The van der Waals surface area contributed by atoms with Crippen LogP contribution in [0.15, 0.2) is 0 Å². The van der Waals surface area contributed by atoms with E-state index in [0.29, 0.717) is 0 Å². The van der Waals surface area contributed by atoms with Gasteiger partial charge in [0.15, 0.2) is 0 Å². The molecule has 0 spiro atoms. The Morgan fingerprint density at radius 1 is 1.40 bits per heavy atom. The number of hydrogen-bond donors (Lipinski definition) is 0. The van der Waals surface area contributed by atoms with Crippen LogP contribution in [0.4, 0.5) is 0 Å². The summed E-state index contributed by atoms with van der Waals surface area (Å²) in [6, 6.07) is 0. The fraction of sp³-hybridized carbons (Fsp3) is 1.00. The molecular formula is C2H9I2In. The minimum absolute atomic E-state index is 0. The van der Waals surface area contributed by atoms with Gasteiger partial charge in [-0.05, 0) is 0 Å². The molecule has 0 heterocycles. The SMILES string of the molecule is C[CH2][InH2].I.I. The molecule has 0 aliphatic carbocycles. The Hall–Kier alpha value is 2.33. The van der Waals surface area contributed by atoms with E-state index in [0.717, 1.165) is 24.4 Å². The van der Waals surface area contributed by atoms with E-state index < -0.39 is 0 Å². The summed E-state index contributed by atoms with van der Waals surface area (Å²) in [5, 5.41) is 0. The Kier molecular flexibility index (Phi) is 50.8. The summed E-state index contributed by atoms with van der Waals surface area (Å²) >= 11 is 0.982. The first-order chi connectivity index (χ1) is 1.41. The molecule has 0 unspecified atom stereocenters. The van der Waals surface area contributed by atoms with Gasteiger partial charge >= 0.3 is 35.5 Å². The molecule has 0 atom stereocenters. The fourth-order valence-electron chi connectivity index (χ4n) is 0. The molecule has 0 bridgehead atoms. The summed E-state index contributed by atoms with van der Waals surface area (Å²) < 4.78 is 1.46. The molecular weight excluding hydrogens is 393 g/mol. The van der Waals surface area contributed by atoms with E-state index in [9.17, 15) is 0 Å². The summed E-state index contributed by atoms with van der Waals surface area (Å²) in [5.41, 5.74) is 0. The summed E-state index contributed by atoms with van der Waals surface area (Å²) in [6.45, 7) is 2.22. The molecule has 0 fully saturated rings. The normalized spacial score (nSPS) is 3.40. The van der Waals surface area contributed by atoms with Gasteiger partial charge in [0, 0.05) is 0 Å². The molecule has 0 amide bonds. The molecule has 0 nitrogen and oxygen atoms in total. The van der Waals surface area contributed by atoms with Gasteiger partial charge in [0.2, 0.25) is 0 Å². The Labute approximate surface area is 82.1 Å². The second-order valence-corrected chi connectivity index (χ2v) is 4.74. The average Bonchev–Trinajstić information content (AvgIpc) is 0.918. The molecule has 0 saturated heterocycles. The summed E-state index contributed by atoms with van der Waals surface area (Å²) in [5.74, 6) is 0. The van der Waals surface area contributed by atoms with Crippen LogP contribution in [-0.2, 0) is 0 Å². The van der Waals surface area contributed by atoms with E-state index in [-0.39, 0.29) is 48.0 Å². The minimum Gasteiger partial charge on any atom is -0.107 e. The predicted molar refractivity (Wildman–Crippen MR) is 49.9 cm³/mol. The number of rotatable bonds is 0. The van der Waals surface area contributed by atoms with Gasteiger partial charge in [0.1, 0.15) is 0 Å². The van der Waals surface area contributed by atoms with Crippen molar-refractivity contribution in [2.75, 3.05) is 0 Å². The van der Waals surface area contributed by atoms with Crippen molar-refractivity contribution in [2.24, 2.45) is 0 Å². The largest absolute Gasteiger partial charge is 0.107 e. The van der Waals surface area contributed by atoms with Crippen LogP contribution in [0.5, 0.6) is 0 Å². The third-order valence-electron chi connectivity index (χ3n) is 0. The zero-order valence-electron chi connectivity index (χ0n) is 3.52. The smallest absolute Gasteiger partial charge is 0.107 e. The molecule has 5 heavy (non-hydrogen) atoms. The molecule has 0 aromatic carbocycles. The van der Waals surface area contributed by atoms with Gasteiger partial charge in [0.25, 0.3) is 0 Å². The maximum Gasteiger partial charge on any atom is -0.107 e. The molecule has 34 valence electrons. The third kappa shape index (κ3) is 21.9. The van der Waals surface area contributed by atoms with Crippen LogP contribution < -0.4 is 0 Å². The molecule has 0 aliphatic heterocycles. The van der Waals surface area contributed by atoms with E-state index in [4.69, 9.17) is 0 Å². The van der Waals surface area contributed by atoms with E-state index in [1.54, 1.807) is 0 Å². The van der Waals surface area contributed by atoms with E-state index in [2.05, 4.69) is 6.92 Å². The van der Waals surface area contributed by atoms with Crippen molar-refractivity contribution in [3.63, 3.8) is 0 Å². The third-order valence-corrected chi connectivity index (χ3v) is 0. The van der Waals surface area contributed by atoms with Crippen LogP contribution in [0.2, 0.25) is 4.18 Å². The minimum atomic E-state index is 0.